The normalized spacial score (nSPS) is 14.0. The summed E-state index contributed by atoms with van der Waals surface area (Å²) in [5, 5.41) is 1.93. The SMILES string of the molecule is CCN(CC)S(=O)(=O)c1ccc(Oc2c(C)c(CC(=O)OC(=O)Cc3cc4ccc(F)cc4c(Oc4ccc(S(=O)(=O)N5CCN(C)CC5)cc4)c3C)cc3ccc(F)cc23)cc1. The predicted octanol–water partition coefficient (Wildman–Crippen LogP) is 8.29. The van der Waals surface area contributed by atoms with Gasteiger partial charge in [-0.2, -0.15) is 8.61 Å². The second-order valence-electron chi connectivity index (χ2n) is 15.4. The summed E-state index contributed by atoms with van der Waals surface area (Å²) in [6, 6.07) is 23.4. The minimum atomic E-state index is -3.73. The highest BCUT2D eigenvalue weighted by Gasteiger charge is 2.28. The molecule has 1 aliphatic rings. The van der Waals surface area contributed by atoms with Crippen molar-refractivity contribution in [2.24, 2.45) is 0 Å². The Kier molecular flexibility index (Phi) is 13.3. The van der Waals surface area contributed by atoms with E-state index in [-0.39, 0.29) is 45.6 Å². The molecular weight excluding hydrogens is 853 g/mol. The van der Waals surface area contributed by atoms with E-state index in [9.17, 15) is 35.2 Å². The van der Waals surface area contributed by atoms with Crippen molar-refractivity contribution in [1.82, 2.24) is 13.5 Å². The highest BCUT2D eigenvalue weighted by atomic mass is 32.2. The van der Waals surface area contributed by atoms with E-state index >= 15 is 0 Å². The number of carbonyl (C=O) groups is 2. The molecule has 12 nitrogen and oxygen atoms in total. The molecule has 6 aromatic rings. The van der Waals surface area contributed by atoms with E-state index in [2.05, 4.69) is 4.90 Å². The number of halogens is 2. The lowest BCUT2D eigenvalue weighted by Gasteiger charge is -2.31. The van der Waals surface area contributed by atoms with Crippen LogP contribution in [0.2, 0.25) is 0 Å². The molecular formula is C47H47F2N3O9S2. The van der Waals surface area contributed by atoms with Gasteiger partial charge in [0.2, 0.25) is 20.0 Å². The molecule has 330 valence electrons. The minimum Gasteiger partial charge on any atom is -0.456 e. The van der Waals surface area contributed by atoms with Crippen LogP contribution in [-0.4, -0.2) is 88.6 Å². The molecule has 0 N–H and O–H groups in total. The Labute approximate surface area is 365 Å². The van der Waals surface area contributed by atoms with Crippen molar-refractivity contribution in [3.63, 3.8) is 0 Å². The summed E-state index contributed by atoms with van der Waals surface area (Å²) in [7, 11) is -5.51. The van der Waals surface area contributed by atoms with Crippen LogP contribution in [0.1, 0.15) is 36.1 Å². The van der Waals surface area contributed by atoms with Crippen LogP contribution in [0.3, 0.4) is 0 Å². The summed E-state index contributed by atoms with van der Waals surface area (Å²) in [6.45, 7) is 9.50. The van der Waals surface area contributed by atoms with Crippen molar-refractivity contribution in [2.75, 3.05) is 46.3 Å². The quantitative estimate of drug-likeness (QED) is 0.0775. The first-order valence-electron chi connectivity index (χ1n) is 20.4. The monoisotopic (exact) mass is 899 g/mol. The molecule has 16 heteroatoms. The van der Waals surface area contributed by atoms with Gasteiger partial charge in [0.15, 0.2) is 0 Å². The van der Waals surface area contributed by atoms with Gasteiger partial charge in [0.25, 0.3) is 0 Å². The molecule has 0 aromatic heterocycles. The number of carbonyl (C=O) groups excluding carboxylic acids is 2. The van der Waals surface area contributed by atoms with Crippen LogP contribution < -0.4 is 9.47 Å². The lowest BCUT2D eigenvalue weighted by atomic mass is 9.97. The summed E-state index contributed by atoms with van der Waals surface area (Å²) in [5.74, 6) is -1.70. The predicted molar refractivity (Wildman–Crippen MR) is 235 cm³/mol. The molecule has 0 aliphatic carbocycles. The Morgan fingerprint density at radius 1 is 0.619 bits per heavy atom. The zero-order valence-electron chi connectivity index (χ0n) is 35.5. The van der Waals surface area contributed by atoms with E-state index in [0.29, 0.717) is 83.1 Å². The van der Waals surface area contributed by atoms with Crippen LogP contribution >= 0.6 is 0 Å². The zero-order valence-corrected chi connectivity index (χ0v) is 37.1. The fraction of sp³-hybridized carbons (Fsp3) is 0.277. The second kappa shape index (κ2) is 18.5. The lowest BCUT2D eigenvalue weighted by molar-refractivity contribution is -0.158. The van der Waals surface area contributed by atoms with Crippen molar-refractivity contribution >= 4 is 53.5 Å². The molecule has 1 heterocycles. The van der Waals surface area contributed by atoms with E-state index in [1.807, 2.05) is 7.05 Å². The largest absolute Gasteiger partial charge is 0.456 e. The number of rotatable bonds is 14. The van der Waals surface area contributed by atoms with Crippen LogP contribution in [0, 0.1) is 25.5 Å². The summed E-state index contributed by atoms with van der Waals surface area (Å²) in [5.41, 5.74) is 1.85. The summed E-state index contributed by atoms with van der Waals surface area (Å²) in [4.78, 5) is 29.1. The van der Waals surface area contributed by atoms with Crippen LogP contribution in [0.4, 0.5) is 8.78 Å². The Morgan fingerprint density at radius 3 is 1.48 bits per heavy atom. The highest BCUT2D eigenvalue weighted by Crippen LogP contribution is 2.39. The second-order valence-corrected chi connectivity index (χ2v) is 19.2. The van der Waals surface area contributed by atoms with Crippen molar-refractivity contribution in [3.05, 3.63) is 131 Å². The number of likely N-dealkylation sites (N-methyl/N-ethyl adjacent to an activating group) is 1. The number of sulfonamides is 2. The van der Waals surface area contributed by atoms with Gasteiger partial charge in [0.1, 0.15) is 34.6 Å². The first-order valence-corrected chi connectivity index (χ1v) is 23.3. The van der Waals surface area contributed by atoms with Crippen molar-refractivity contribution in [3.8, 4) is 23.0 Å². The van der Waals surface area contributed by atoms with Crippen LogP contribution in [0.15, 0.2) is 107 Å². The molecule has 0 radical (unpaired) electrons. The van der Waals surface area contributed by atoms with Gasteiger partial charge < -0.3 is 19.1 Å². The molecule has 7 rings (SSSR count). The Morgan fingerprint density at radius 2 is 1.05 bits per heavy atom. The maximum absolute atomic E-state index is 14.6. The fourth-order valence-electron chi connectivity index (χ4n) is 7.62. The molecule has 63 heavy (non-hydrogen) atoms. The van der Waals surface area contributed by atoms with Crippen LogP contribution in [-0.2, 0) is 47.2 Å². The molecule has 1 aliphatic heterocycles. The number of benzene rings is 6. The Bertz CT molecular complexity index is 2930. The number of piperazine rings is 1. The molecule has 6 aromatic carbocycles. The average Bonchev–Trinajstić information content (AvgIpc) is 3.25. The fourth-order valence-corrected chi connectivity index (χ4v) is 10.5. The van der Waals surface area contributed by atoms with Crippen LogP contribution in [0.25, 0.3) is 21.5 Å². The highest BCUT2D eigenvalue weighted by molar-refractivity contribution is 7.89. The van der Waals surface area contributed by atoms with Gasteiger partial charge in [-0.05, 0) is 127 Å². The van der Waals surface area contributed by atoms with Gasteiger partial charge in [-0.1, -0.05) is 38.1 Å². The molecule has 1 saturated heterocycles. The van der Waals surface area contributed by atoms with Gasteiger partial charge >= 0.3 is 11.9 Å². The molecule has 0 atom stereocenters. The number of nitrogens with zero attached hydrogens (tertiary/aromatic N) is 3. The Hall–Kier alpha value is -5.78. The van der Waals surface area contributed by atoms with Gasteiger partial charge in [0, 0.05) is 50.0 Å². The summed E-state index contributed by atoms with van der Waals surface area (Å²) in [6.07, 6.45) is -0.680. The van der Waals surface area contributed by atoms with E-state index in [4.69, 9.17) is 14.2 Å². The number of ether oxygens (including phenoxy) is 3. The molecule has 1 fully saturated rings. The summed E-state index contributed by atoms with van der Waals surface area (Å²) >= 11 is 0. The molecule has 0 saturated carbocycles. The third-order valence-electron chi connectivity index (χ3n) is 11.3. The Balaban J connectivity index is 1.09. The third-order valence-corrected chi connectivity index (χ3v) is 15.2. The van der Waals surface area contributed by atoms with Crippen LogP contribution in [0.5, 0.6) is 23.0 Å². The van der Waals surface area contributed by atoms with Crippen molar-refractivity contribution in [2.45, 2.75) is 50.3 Å². The molecule has 0 spiro atoms. The van der Waals surface area contributed by atoms with Gasteiger partial charge in [-0.15, -0.1) is 0 Å². The number of hydrogen-bond acceptors (Lipinski definition) is 10. The van der Waals surface area contributed by atoms with Crippen molar-refractivity contribution < 1.29 is 49.4 Å². The number of fused-ring (bicyclic) bond motifs is 2. The van der Waals surface area contributed by atoms with E-state index < -0.39 is 43.6 Å². The molecule has 0 amide bonds. The lowest BCUT2D eigenvalue weighted by Crippen LogP contribution is -2.46. The topological polar surface area (TPSA) is 140 Å². The standard InChI is InChI=1S/C47H47F2N3O9S2/c1-6-51(7-2)62(55,56)40-16-12-38(13-17-40)59-46-30(3)34(24-32-8-10-36(48)28-42(32)46)26-44(53)61-45(54)27-35-25-33-9-11-37(49)29-43(33)47(31(35)4)60-39-14-18-41(19-15-39)63(57,58)52-22-20-50(5)21-23-52/h8-19,24-25,28-29H,6-7,20-23,26-27H2,1-5H3. The smallest absolute Gasteiger partial charge is 0.317 e. The zero-order chi connectivity index (χ0) is 45.2. The van der Waals surface area contributed by atoms with E-state index in [1.165, 1.54) is 87.5 Å². The van der Waals surface area contributed by atoms with Crippen molar-refractivity contribution in [1.29, 1.82) is 0 Å². The minimum absolute atomic E-state index is 0.0882. The average molecular weight is 900 g/mol. The third kappa shape index (κ3) is 9.75. The van der Waals surface area contributed by atoms with E-state index in [1.54, 1.807) is 45.9 Å². The maximum Gasteiger partial charge on any atom is 0.317 e. The van der Waals surface area contributed by atoms with Gasteiger partial charge in [-0.25, -0.2) is 25.6 Å². The number of hydrogen-bond donors (Lipinski definition) is 0. The number of esters is 2. The first-order chi connectivity index (χ1) is 30.0. The first kappa shape index (κ1) is 45.3. The van der Waals surface area contributed by atoms with E-state index in [0.717, 1.165) is 0 Å². The molecule has 0 bridgehead atoms. The van der Waals surface area contributed by atoms with Gasteiger partial charge in [0.05, 0.1) is 22.6 Å². The van der Waals surface area contributed by atoms with Gasteiger partial charge in [-0.3, -0.25) is 9.59 Å². The summed E-state index contributed by atoms with van der Waals surface area (Å²) < 4.78 is 102. The maximum atomic E-state index is 14.6. The molecule has 0 unspecified atom stereocenters.